The summed E-state index contributed by atoms with van der Waals surface area (Å²) in [6.45, 7) is 0. The summed E-state index contributed by atoms with van der Waals surface area (Å²) >= 11 is 0. The Morgan fingerprint density at radius 2 is 2.00 bits per heavy atom. The summed E-state index contributed by atoms with van der Waals surface area (Å²) in [5.74, 6) is -1.52. The molecule has 0 unspecified atom stereocenters. The number of rotatable bonds is 3. The number of carbonyl (C=O) groups is 1. The van der Waals surface area contributed by atoms with Crippen LogP contribution in [-0.2, 0) is 9.53 Å². The molecule has 0 saturated carbocycles. The van der Waals surface area contributed by atoms with Crippen molar-refractivity contribution in [1.82, 2.24) is 0 Å². The van der Waals surface area contributed by atoms with Gasteiger partial charge in [-0.3, -0.25) is 0 Å². The van der Waals surface area contributed by atoms with Crippen LogP contribution in [-0.4, -0.2) is 18.2 Å². The molecule has 14 heavy (non-hydrogen) atoms. The normalized spacial score (nSPS) is 11.1. The van der Waals surface area contributed by atoms with E-state index in [0.29, 0.717) is 5.56 Å². The molecule has 1 aromatic rings. The standard InChI is InChI=1S/C10H9FO3/c1-14-6-9(10(12)13)7-2-4-8(11)5-3-7/h2-6H,1H3,(H,12,13)/b9-6+. The van der Waals surface area contributed by atoms with Gasteiger partial charge >= 0.3 is 5.97 Å². The number of aliphatic carboxylic acids is 1. The van der Waals surface area contributed by atoms with E-state index in [0.717, 1.165) is 6.26 Å². The highest BCUT2D eigenvalue weighted by Gasteiger charge is 2.10. The molecule has 0 atom stereocenters. The van der Waals surface area contributed by atoms with Crippen molar-refractivity contribution in [1.29, 1.82) is 0 Å². The minimum Gasteiger partial charge on any atom is -0.503 e. The van der Waals surface area contributed by atoms with Crippen LogP contribution in [0.5, 0.6) is 0 Å². The topological polar surface area (TPSA) is 46.5 Å². The number of carboxylic acid groups (broad SMARTS) is 1. The molecule has 0 spiro atoms. The van der Waals surface area contributed by atoms with Gasteiger partial charge in [-0.1, -0.05) is 12.1 Å². The number of benzene rings is 1. The van der Waals surface area contributed by atoms with E-state index in [1.165, 1.54) is 31.4 Å². The zero-order valence-electron chi connectivity index (χ0n) is 7.53. The van der Waals surface area contributed by atoms with Gasteiger partial charge in [-0.15, -0.1) is 0 Å². The molecule has 0 aliphatic carbocycles. The van der Waals surface area contributed by atoms with Gasteiger partial charge in [-0.05, 0) is 17.7 Å². The Bertz CT molecular complexity index is 354. The maximum atomic E-state index is 12.5. The molecule has 0 aliphatic rings. The van der Waals surface area contributed by atoms with E-state index in [2.05, 4.69) is 4.74 Å². The lowest BCUT2D eigenvalue weighted by molar-refractivity contribution is -0.130. The summed E-state index contributed by atoms with van der Waals surface area (Å²) in [6, 6.07) is 5.16. The SMILES string of the molecule is CO/C=C(/C(=O)O)c1ccc(F)cc1. The van der Waals surface area contributed by atoms with E-state index in [1.807, 2.05) is 0 Å². The van der Waals surface area contributed by atoms with Gasteiger partial charge in [0, 0.05) is 0 Å². The summed E-state index contributed by atoms with van der Waals surface area (Å²) in [5, 5.41) is 8.79. The molecule has 0 bridgehead atoms. The van der Waals surface area contributed by atoms with Crippen molar-refractivity contribution in [2.24, 2.45) is 0 Å². The molecule has 1 N–H and O–H groups in total. The Morgan fingerprint density at radius 3 is 2.43 bits per heavy atom. The number of ether oxygens (including phenoxy) is 1. The molecule has 0 fully saturated rings. The van der Waals surface area contributed by atoms with Crippen LogP contribution >= 0.6 is 0 Å². The van der Waals surface area contributed by atoms with Gasteiger partial charge < -0.3 is 9.84 Å². The van der Waals surface area contributed by atoms with Crippen LogP contribution in [0.2, 0.25) is 0 Å². The average Bonchev–Trinajstić information content (AvgIpc) is 2.15. The highest BCUT2D eigenvalue weighted by atomic mass is 19.1. The molecule has 0 amide bonds. The Balaban J connectivity index is 3.06. The Labute approximate surface area is 80.4 Å². The van der Waals surface area contributed by atoms with Crippen LogP contribution in [0.1, 0.15) is 5.56 Å². The van der Waals surface area contributed by atoms with Gasteiger partial charge in [0.05, 0.1) is 13.4 Å². The van der Waals surface area contributed by atoms with E-state index >= 15 is 0 Å². The second kappa shape index (κ2) is 4.41. The summed E-state index contributed by atoms with van der Waals surface area (Å²) in [4.78, 5) is 10.7. The first kappa shape index (κ1) is 10.2. The molecule has 3 nitrogen and oxygen atoms in total. The lowest BCUT2D eigenvalue weighted by atomic mass is 10.1. The second-order valence-electron chi connectivity index (χ2n) is 2.58. The summed E-state index contributed by atoms with van der Waals surface area (Å²) in [7, 11) is 1.35. The van der Waals surface area contributed by atoms with Crippen molar-refractivity contribution in [2.75, 3.05) is 7.11 Å². The van der Waals surface area contributed by atoms with Gasteiger partial charge in [0.1, 0.15) is 11.4 Å². The summed E-state index contributed by atoms with van der Waals surface area (Å²) < 4.78 is 17.2. The van der Waals surface area contributed by atoms with Crippen molar-refractivity contribution in [2.45, 2.75) is 0 Å². The predicted molar refractivity (Wildman–Crippen MR) is 49.0 cm³/mol. The zero-order valence-corrected chi connectivity index (χ0v) is 7.53. The molecule has 4 heteroatoms. The van der Waals surface area contributed by atoms with Crippen molar-refractivity contribution >= 4 is 11.5 Å². The lowest BCUT2D eigenvalue weighted by Gasteiger charge is -2.01. The van der Waals surface area contributed by atoms with Crippen molar-refractivity contribution in [3.63, 3.8) is 0 Å². The molecular formula is C10H9FO3. The highest BCUT2D eigenvalue weighted by Crippen LogP contribution is 2.15. The number of methoxy groups -OCH3 is 1. The third-order valence-corrected chi connectivity index (χ3v) is 1.62. The molecule has 1 aromatic carbocycles. The fraction of sp³-hybridized carbons (Fsp3) is 0.100. The second-order valence-corrected chi connectivity index (χ2v) is 2.58. The first-order chi connectivity index (χ1) is 6.65. The maximum Gasteiger partial charge on any atom is 0.339 e. The molecular weight excluding hydrogens is 187 g/mol. The fourth-order valence-corrected chi connectivity index (χ4v) is 0.989. The number of hydrogen-bond acceptors (Lipinski definition) is 2. The minimum atomic E-state index is -1.11. The number of halogens is 1. The van der Waals surface area contributed by atoms with Crippen LogP contribution in [0.4, 0.5) is 4.39 Å². The summed E-state index contributed by atoms with van der Waals surface area (Å²) in [6.07, 6.45) is 1.11. The van der Waals surface area contributed by atoms with Crippen LogP contribution < -0.4 is 0 Å². The number of hydrogen-bond donors (Lipinski definition) is 1. The first-order valence-corrected chi connectivity index (χ1v) is 3.87. The van der Waals surface area contributed by atoms with Gasteiger partial charge in [0.15, 0.2) is 0 Å². The molecule has 0 saturated heterocycles. The average molecular weight is 196 g/mol. The van der Waals surface area contributed by atoms with E-state index in [9.17, 15) is 9.18 Å². The Hall–Kier alpha value is -1.84. The monoisotopic (exact) mass is 196 g/mol. The third kappa shape index (κ3) is 2.32. The fourth-order valence-electron chi connectivity index (χ4n) is 0.989. The van der Waals surface area contributed by atoms with Crippen LogP contribution in [0.25, 0.3) is 5.57 Å². The van der Waals surface area contributed by atoms with Crippen molar-refractivity contribution in [3.05, 3.63) is 41.9 Å². The summed E-state index contributed by atoms with van der Waals surface area (Å²) in [5.41, 5.74) is 0.397. The van der Waals surface area contributed by atoms with E-state index in [4.69, 9.17) is 5.11 Å². The van der Waals surface area contributed by atoms with Gasteiger partial charge in [0.25, 0.3) is 0 Å². The molecule has 0 aromatic heterocycles. The van der Waals surface area contributed by atoms with Gasteiger partial charge in [-0.25, -0.2) is 9.18 Å². The largest absolute Gasteiger partial charge is 0.503 e. The predicted octanol–water partition coefficient (Wildman–Crippen LogP) is 1.90. The zero-order chi connectivity index (χ0) is 10.6. The van der Waals surface area contributed by atoms with Crippen LogP contribution in [0.15, 0.2) is 30.5 Å². The Kier molecular flexibility index (Phi) is 3.23. The highest BCUT2D eigenvalue weighted by molar-refractivity contribution is 6.14. The van der Waals surface area contributed by atoms with Crippen LogP contribution in [0, 0.1) is 5.82 Å². The maximum absolute atomic E-state index is 12.5. The van der Waals surface area contributed by atoms with Gasteiger partial charge in [-0.2, -0.15) is 0 Å². The van der Waals surface area contributed by atoms with E-state index in [-0.39, 0.29) is 5.57 Å². The molecule has 0 radical (unpaired) electrons. The number of carboxylic acids is 1. The minimum absolute atomic E-state index is 0.00694. The smallest absolute Gasteiger partial charge is 0.339 e. The molecule has 0 heterocycles. The first-order valence-electron chi connectivity index (χ1n) is 3.87. The van der Waals surface area contributed by atoms with E-state index in [1.54, 1.807) is 0 Å². The molecule has 74 valence electrons. The molecule has 1 rings (SSSR count). The third-order valence-electron chi connectivity index (χ3n) is 1.62. The van der Waals surface area contributed by atoms with E-state index < -0.39 is 11.8 Å². The molecule has 0 aliphatic heterocycles. The van der Waals surface area contributed by atoms with Gasteiger partial charge in [0.2, 0.25) is 0 Å². The quantitative estimate of drug-likeness (QED) is 0.593. The van der Waals surface area contributed by atoms with Crippen LogP contribution in [0.3, 0.4) is 0 Å². The Morgan fingerprint density at radius 1 is 1.43 bits per heavy atom. The van der Waals surface area contributed by atoms with Crippen molar-refractivity contribution in [3.8, 4) is 0 Å². The van der Waals surface area contributed by atoms with Crippen molar-refractivity contribution < 1.29 is 19.0 Å². The lowest BCUT2D eigenvalue weighted by Crippen LogP contribution is -2.00.